The number of carbonyl (C=O) groups excluding carboxylic acids is 1. The third-order valence-electron chi connectivity index (χ3n) is 4.00. The minimum absolute atomic E-state index is 0.149. The van der Waals surface area contributed by atoms with E-state index in [0.29, 0.717) is 32.4 Å². The van der Waals surface area contributed by atoms with Crippen molar-refractivity contribution in [3.05, 3.63) is 82.3 Å². The Kier molecular flexibility index (Phi) is 7.09. The molecular weight excluding hydrogens is 473 g/mol. The maximum absolute atomic E-state index is 12.3. The molecule has 0 spiro atoms. The number of nitrogens with zero attached hydrogens (tertiary/aromatic N) is 2. The quantitative estimate of drug-likeness (QED) is 0.223. The molecule has 2 heterocycles. The predicted molar refractivity (Wildman–Crippen MR) is 128 cm³/mol. The maximum atomic E-state index is 12.3. The molecule has 0 aliphatic carbocycles. The van der Waals surface area contributed by atoms with Crippen LogP contribution in [0.5, 0.6) is 11.5 Å². The van der Waals surface area contributed by atoms with Crippen LogP contribution in [-0.2, 0) is 4.79 Å². The molecule has 0 saturated carbocycles. The lowest BCUT2D eigenvalue weighted by Gasteiger charge is -2.09. The Bertz CT molecular complexity index is 1190. The molecule has 0 unspecified atom stereocenters. The fraction of sp³-hybridized carbons (Fsp3) is 0.0455. The zero-order chi connectivity index (χ0) is 21.6. The van der Waals surface area contributed by atoms with E-state index in [1.807, 2.05) is 23.6 Å². The third kappa shape index (κ3) is 5.98. The number of ether oxygens (including phenoxy) is 1. The summed E-state index contributed by atoms with van der Waals surface area (Å²) in [5, 5.41) is 6.37. The topological polar surface area (TPSA) is 64.1 Å². The Morgan fingerprint density at radius 2 is 1.94 bits per heavy atom. The molecule has 0 aliphatic rings. The summed E-state index contributed by atoms with van der Waals surface area (Å²) in [7, 11) is 0. The number of halogens is 2. The summed E-state index contributed by atoms with van der Waals surface area (Å²) >= 11 is 14.9. The number of benzene rings is 2. The highest BCUT2D eigenvalue weighted by molar-refractivity contribution is 7.99. The van der Waals surface area contributed by atoms with Gasteiger partial charge in [0.25, 0.3) is 0 Å². The Morgan fingerprint density at radius 1 is 1.10 bits per heavy atom. The number of aromatic nitrogens is 2. The number of thioether (sulfide) groups is 1. The minimum atomic E-state index is -0.149. The van der Waals surface area contributed by atoms with Gasteiger partial charge in [0, 0.05) is 16.9 Å². The van der Waals surface area contributed by atoms with Crippen LogP contribution in [0.2, 0.25) is 10.0 Å². The largest absolute Gasteiger partial charge is 0.456 e. The number of nitrogens with one attached hydrogen (secondary N) is 1. The Hall–Kier alpha value is -2.58. The van der Waals surface area contributed by atoms with Crippen molar-refractivity contribution in [2.45, 2.75) is 5.16 Å². The van der Waals surface area contributed by atoms with Gasteiger partial charge in [0.15, 0.2) is 5.16 Å². The molecular formula is C22H15Cl2N3O2S2. The SMILES string of the molecule is O=C(CSc1nccc(-c2cccs2)n1)Nc1ccc(Oc2ccc(Cl)cc2Cl)cc1. The van der Waals surface area contributed by atoms with E-state index >= 15 is 0 Å². The van der Waals surface area contributed by atoms with Gasteiger partial charge in [0.1, 0.15) is 11.5 Å². The number of carbonyl (C=O) groups is 1. The molecule has 0 aliphatic heterocycles. The van der Waals surface area contributed by atoms with E-state index in [2.05, 4.69) is 15.3 Å². The van der Waals surface area contributed by atoms with Gasteiger partial charge in [0.2, 0.25) is 5.91 Å². The molecule has 156 valence electrons. The lowest BCUT2D eigenvalue weighted by Crippen LogP contribution is -2.14. The highest BCUT2D eigenvalue weighted by Gasteiger charge is 2.09. The number of hydrogen-bond acceptors (Lipinski definition) is 6. The second kappa shape index (κ2) is 10.2. The second-order valence-corrected chi connectivity index (χ2v) is 8.97. The molecule has 5 nitrogen and oxygen atoms in total. The van der Waals surface area contributed by atoms with Gasteiger partial charge < -0.3 is 10.1 Å². The van der Waals surface area contributed by atoms with Crippen molar-refractivity contribution in [3.8, 4) is 22.1 Å². The van der Waals surface area contributed by atoms with Gasteiger partial charge in [-0.3, -0.25) is 4.79 Å². The Labute approximate surface area is 197 Å². The van der Waals surface area contributed by atoms with Crippen molar-refractivity contribution < 1.29 is 9.53 Å². The van der Waals surface area contributed by atoms with E-state index in [9.17, 15) is 4.79 Å². The molecule has 0 atom stereocenters. The fourth-order valence-corrected chi connectivity index (χ4v) is 4.36. The Morgan fingerprint density at radius 3 is 2.68 bits per heavy atom. The fourth-order valence-electron chi connectivity index (χ4n) is 2.59. The molecule has 1 N–H and O–H groups in total. The summed E-state index contributed by atoms with van der Waals surface area (Å²) in [4.78, 5) is 22.1. The van der Waals surface area contributed by atoms with Gasteiger partial charge in [-0.1, -0.05) is 41.0 Å². The highest BCUT2D eigenvalue weighted by Crippen LogP contribution is 2.32. The minimum Gasteiger partial charge on any atom is -0.456 e. The second-order valence-electron chi connectivity index (χ2n) is 6.24. The summed E-state index contributed by atoms with van der Waals surface area (Å²) in [6.45, 7) is 0. The van der Waals surface area contributed by atoms with Gasteiger partial charge in [-0.2, -0.15) is 0 Å². The number of hydrogen-bond donors (Lipinski definition) is 1. The first-order chi connectivity index (χ1) is 15.1. The normalized spacial score (nSPS) is 10.6. The zero-order valence-corrected chi connectivity index (χ0v) is 19.1. The molecule has 9 heteroatoms. The summed E-state index contributed by atoms with van der Waals surface area (Å²) in [6, 6.07) is 17.9. The average molecular weight is 488 g/mol. The predicted octanol–water partition coefficient (Wildman–Crippen LogP) is 7.04. The Balaban J connectivity index is 1.31. The van der Waals surface area contributed by atoms with Crippen LogP contribution < -0.4 is 10.1 Å². The number of rotatable bonds is 7. The van der Waals surface area contributed by atoms with Crippen LogP contribution in [0.4, 0.5) is 5.69 Å². The standard InChI is InChI=1S/C22H15Cl2N3O2S2/c23-14-3-8-19(17(24)12-14)29-16-6-4-15(5-7-16)26-21(28)13-31-22-25-10-9-18(27-22)20-2-1-11-30-20/h1-12H,13H2,(H,26,28). The van der Waals surface area contributed by atoms with Crippen LogP contribution in [0, 0.1) is 0 Å². The van der Waals surface area contributed by atoms with Gasteiger partial charge >= 0.3 is 0 Å². The maximum Gasteiger partial charge on any atom is 0.234 e. The number of thiophene rings is 1. The van der Waals surface area contributed by atoms with E-state index in [4.69, 9.17) is 27.9 Å². The molecule has 0 fully saturated rings. The molecule has 2 aromatic carbocycles. The van der Waals surface area contributed by atoms with Crippen LogP contribution in [0.1, 0.15) is 0 Å². The van der Waals surface area contributed by atoms with Crippen LogP contribution in [-0.4, -0.2) is 21.6 Å². The van der Waals surface area contributed by atoms with Crippen molar-refractivity contribution in [1.29, 1.82) is 0 Å². The lowest BCUT2D eigenvalue weighted by atomic mass is 10.3. The third-order valence-corrected chi connectivity index (χ3v) is 6.28. The average Bonchev–Trinajstić information content (AvgIpc) is 3.31. The van der Waals surface area contributed by atoms with Crippen molar-refractivity contribution >= 4 is 57.9 Å². The van der Waals surface area contributed by atoms with Crippen LogP contribution in [0.25, 0.3) is 10.6 Å². The number of amides is 1. The molecule has 0 saturated heterocycles. The first-order valence-electron chi connectivity index (χ1n) is 9.09. The lowest BCUT2D eigenvalue weighted by molar-refractivity contribution is -0.113. The monoisotopic (exact) mass is 487 g/mol. The van der Waals surface area contributed by atoms with E-state index in [1.54, 1.807) is 60.0 Å². The van der Waals surface area contributed by atoms with Gasteiger partial charge in [-0.15, -0.1) is 11.3 Å². The highest BCUT2D eigenvalue weighted by atomic mass is 35.5. The smallest absolute Gasteiger partial charge is 0.234 e. The molecule has 0 bridgehead atoms. The van der Waals surface area contributed by atoms with Crippen LogP contribution in [0.3, 0.4) is 0 Å². The van der Waals surface area contributed by atoms with Gasteiger partial charge in [-0.05, 0) is 60.0 Å². The summed E-state index contributed by atoms with van der Waals surface area (Å²) in [6.07, 6.45) is 1.70. The summed E-state index contributed by atoms with van der Waals surface area (Å²) in [5.41, 5.74) is 1.51. The van der Waals surface area contributed by atoms with E-state index in [0.717, 1.165) is 10.6 Å². The van der Waals surface area contributed by atoms with E-state index < -0.39 is 0 Å². The molecule has 31 heavy (non-hydrogen) atoms. The molecule has 0 radical (unpaired) electrons. The first kappa shape index (κ1) is 21.6. The number of anilines is 1. The van der Waals surface area contributed by atoms with Crippen LogP contribution in [0.15, 0.2) is 77.4 Å². The van der Waals surface area contributed by atoms with Crippen molar-refractivity contribution in [3.63, 3.8) is 0 Å². The van der Waals surface area contributed by atoms with E-state index in [1.165, 1.54) is 11.8 Å². The van der Waals surface area contributed by atoms with Crippen molar-refractivity contribution in [1.82, 2.24) is 9.97 Å². The summed E-state index contributed by atoms with van der Waals surface area (Å²) < 4.78 is 5.75. The van der Waals surface area contributed by atoms with Crippen molar-refractivity contribution in [2.75, 3.05) is 11.1 Å². The molecule has 4 aromatic rings. The molecule has 4 rings (SSSR count). The first-order valence-corrected chi connectivity index (χ1v) is 11.7. The van der Waals surface area contributed by atoms with E-state index in [-0.39, 0.29) is 11.7 Å². The molecule has 2 aromatic heterocycles. The zero-order valence-electron chi connectivity index (χ0n) is 15.9. The van der Waals surface area contributed by atoms with Crippen molar-refractivity contribution in [2.24, 2.45) is 0 Å². The van der Waals surface area contributed by atoms with Gasteiger partial charge in [0.05, 0.1) is 21.3 Å². The summed E-state index contributed by atoms with van der Waals surface area (Å²) in [5.74, 6) is 1.15. The van der Waals surface area contributed by atoms with Crippen LogP contribution >= 0.6 is 46.3 Å². The molecule has 1 amide bonds. The van der Waals surface area contributed by atoms with Gasteiger partial charge in [-0.25, -0.2) is 9.97 Å².